The number of carbonyl (C=O) groups excluding carboxylic acids is 1. The van der Waals surface area contributed by atoms with Gasteiger partial charge in [0, 0.05) is 0 Å². The van der Waals surface area contributed by atoms with E-state index < -0.39 is 0 Å². The van der Waals surface area contributed by atoms with Crippen molar-refractivity contribution in [3.63, 3.8) is 0 Å². The molecular formula is C14H14O3. The lowest BCUT2D eigenvalue weighted by atomic mass is 10.2. The van der Waals surface area contributed by atoms with Gasteiger partial charge < -0.3 is 9.47 Å². The molecule has 0 saturated carbocycles. The van der Waals surface area contributed by atoms with E-state index in [1.54, 1.807) is 12.1 Å². The summed E-state index contributed by atoms with van der Waals surface area (Å²) in [6.07, 6.45) is 6.81. The van der Waals surface area contributed by atoms with Gasteiger partial charge in [0.05, 0.1) is 6.42 Å². The summed E-state index contributed by atoms with van der Waals surface area (Å²) in [5, 5.41) is 0. The van der Waals surface area contributed by atoms with Crippen molar-refractivity contribution in [3.05, 3.63) is 42.5 Å². The Morgan fingerprint density at radius 1 is 1.41 bits per heavy atom. The second-order valence-electron chi connectivity index (χ2n) is 3.29. The lowest BCUT2D eigenvalue weighted by Crippen LogP contribution is -2.02. The summed E-state index contributed by atoms with van der Waals surface area (Å²) in [7, 11) is 0. The Labute approximate surface area is 101 Å². The number of esters is 1. The van der Waals surface area contributed by atoms with Crippen LogP contribution in [-0.2, 0) is 16.1 Å². The molecule has 0 radical (unpaired) electrons. The smallest absolute Gasteiger partial charge is 0.309 e. The second-order valence-corrected chi connectivity index (χ2v) is 3.29. The fraction of sp³-hybridized carbons (Fsp3) is 0.214. The number of carbonyl (C=O) groups is 1. The van der Waals surface area contributed by atoms with Crippen LogP contribution in [0.4, 0.5) is 0 Å². The maximum atomic E-state index is 11.1. The zero-order valence-corrected chi connectivity index (χ0v) is 9.52. The molecular weight excluding hydrogens is 216 g/mol. The van der Waals surface area contributed by atoms with Crippen molar-refractivity contribution in [2.75, 3.05) is 6.61 Å². The topological polar surface area (TPSA) is 35.5 Å². The number of ether oxygens (including phenoxy) is 2. The van der Waals surface area contributed by atoms with Gasteiger partial charge in [0.15, 0.2) is 0 Å². The first kappa shape index (κ1) is 12.9. The molecule has 0 spiro atoms. The summed E-state index contributed by atoms with van der Waals surface area (Å²) in [5.74, 6) is 2.80. The van der Waals surface area contributed by atoms with Crippen LogP contribution in [0, 0.1) is 12.3 Å². The van der Waals surface area contributed by atoms with E-state index in [0.717, 1.165) is 5.56 Å². The van der Waals surface area contributed by atoms with Gasteiger partial charge in [0.1, 0.15) is 19.0 Å². The lowest BCUT2D eigenvalue weighted by molar-refractivity contribution is -0.143. The van der Waals surface area contributed by atoms with Gasteiger partial charge in [-0.2, -0.15) is 0 Å². The maximum Gasteiger partial charge on any atom is 0.309 e. The highest BCUT2D eigenvalue weighted by molar-refractivity contribution is 5.70. The Kier molecular flexibility index (Phi) is 5.39. The molecule has 88 valence electrons. The molecule has 0 fully saturated rings. The minimum atomic E-state index is -0.285. The quantitative estimate of drug-likeness (QED) is 0.427. The van der Waals surface area contributed by atoms with Crippen LogP contribution in [0.25, 0.3) is 0 Å². The monoisotopic (exact) mass is 230 g/mol. The standard InChI is InChI=1S/C14H14O3/c1-3-5-14(15)17-11-12-6-8-13(9-7-12)16-10-4-2/h2-3,6-9H,1,5,10-11H2. The zero-order chi connectivity index (χ0) is 12.5. The van der Waals surface area contributed by atoms with Gasteiger partial charge in [-0.3, -0.25) is 4.79 Å². The van der Waals surface area contributed by atoms with Gasteiger partial charge in [-0.05, 0) is 17.7 Å². The van der Waals surface area contributed by atoms with Crippen molar-refractivity contribution in [3.8, 4) is 18.1 Å². The minimum Gasteiger partial charge on any atom is -0.481 e. The number of benzene rings is 1. The molecule has 0 aliphatic heterocycles. The van der Waals surface area contributed by atoms with Crippen LogP contribution in [0.1, 0.15) is 12.0 Å². The van der Waals surface area contributed by atoms with E-state index in [-0.39, 0.29) is 25.6 Å². The number of hydrogen-bond acceptors (Lipinski definition) is 3. The highest BCUT2D eigenvalue weighted by Gasteiger charge is 2.00. The first-order chi connectivity index (χ1) is 8.26. The van der Waals surface area contributed by atoms with Crippen LogP contribution in [0.5, 0.6) is 5.75 Å². The summed E-state index contributed by atoms with van der Waals surface area (Å²) in [6.45, 7) is 3.96. The summed E-state index contributed by atoms with van der Waals surface area (Å²) in [5.41, 5.74) is 0.899. The molecule has 0 amide bonds. The van der Waals surface area contributed by atoms with Crippen LogP contribution in [0.3, 0.4) is 0 Å². The summed E-state index contributed by atoms with van der Waals surface area (Å²) in [4.78, 5) is 11.1. The normalized spacial score (nSPS) is 9.12. The number of terminal acetylenes is 1. The molecule has 1 aromatic carbocycles. The third-order valence-electron chi connectivity index (χ3n) is 1.96. The predicted octanol–water partition coefficient (Wildman–Crippen LogP) is 2.32. The molecule has 0 N–H and O–H groups in total. The SMILES string of the molecule is C#CCOc1ccc(COC(=O)CC=C)cc1. The van der Waals surface area contributed by atoms with Crippen LogP contribution in [0.2, 0.25) is 0 Å². The van der Waals surface area contributed by atoms with Crippen LogP contribution in [0.15, 0.2) is 36.9 Å². The fourth-order valence-electron chi connectivity index (χ4n) is 1.15. The zero-order valence-electron chi connectivity index (χ0n) is 9.52. The van der Waals surface area contributed by atoms with E-state index >= 15 is 0 Å². The van der Waals surface area contributed by atoms with Crippen molar-refractivity contribution >= 4 is 5.97 Å². The van der Waals surface area contributed by atoms with E-state index in [1.807, 2.05) is 12.1 Å². The molecule has 3 nitrogen and oxygen atoms in total. The summed E-state index contributed by atoms with van der Waals surface area (Å²) < 4.78 is 10.2. The van der Waals surface area contributed by atoms with E-state index in [1.165, 1.54) is 6.08 Å². The number of rotatable bonds is 6. The Balaban J connectivity index is 2.43. The third-order valence-corrected chi connectivity index (χ3v) is 1.96. The molecule has 0 aliphatic rings. The van der Waals surface area contributed by atoms with Crippen molar-refractivity contribution in [1.82, 2.24) is 0 Å². The van der Waals surface area contributed by atoms with Crippen molar-refractivity contribution in [2.45, 2.75) is 13.0 Å². The van der Waals surface area contributed by atoms with Crippen molar-refractivity contribution < 1.29 is 14.3 Å². The molecule has 0 atom stereocenters. The van der Waals surface area contributed by atoms with E-state index in [9.17, 15) is 4.79 Å². The Hall–Kier alpha value is -2.21. The van der Waals surface area contributed by atoms with E-state index in [2.05, 4.69) is 12.5 Å². The maximum absolute atomic E-state index is 11.1. The highest BCUT2D eigenvalue weighted by atomic mass is 16.5. The van der Waals surface area contributed by atoms with Gasteiger partial charge in [-0.1, -0.05) is 24.1 Å². The average molecular weight is 230 g/mol. The molecule has 3 heteroatoms. The van der Waals surface area contributed by atoms with Gasteiger partial charge in [-0.25, -0.2) is 0 Å². The summed E-state index contributed by atoms with van der Waals surface area (Å²) >= 11 is 0. The van der Waals surface area contributed by atoms with E-state index in [0.29, 0.717) is 5.75 Å². The van der Waals surface area contributed by atoms with Crippen molar-refractivity contribution in [1.29, 1.82) is 0 Å². The average Bonchev–Trinajstić information content (AvgIpc) is 2.35. The lowest BCUT2D eigenvalue weighted by Gasteiger charge is -2.05. The Morgan fingerprint density at radius 3 is 2.71 bits per heavy atom. The first-order valence-corrected chi connectivity index (χ1v) is 5.18. The van der Waals surface area contributed by atoms with E-state index in [4.69, 9.17) is 15.9 Å². The van der Waals surface area contributed by atoms with Gasteiger partial charge in [-0.15, -0.1) is 13.0 Å². The van der Waals surface area contributed by atoms with Gasteiger partial charge >= 0.3 is 5.97 Å². The highest BCUT2D eigenvalue weighted by Crippen LogP contribution is 2.12. The molecule has 1 rings (SSSR count). The third kappa shape index (κ3) is 4.89. The molecule has 1 aromatic rings. The van der Waals surface area contributed by atoms with Crippen LogP contribution >= 0.6 is 0 Å². The largest absolute Gasteiger partial charge is 0.481 e. The minimum absolute atomic E-state index is 0.226. The van der Waals surface area contributed by atoms with Gasteiger partial charge in [0.2, 0.25) is 0 Å². The number of hydrogen-bond donors (Lipinski definition) is 0. The Bertz CT molecular complexity index is 412. The van der Waals surface area contributed by atoms with Crippen LogP contribution < -0.4 is 4.74 Å². The van der Waals surface area contributed by atoms with Crippen LogP contribution in [-0.4, -0.2) is 12.6 Å². The fourth-order valence-corrected chi connectivity index (χ4v) is 1.15. The van der Waals surface area contributed by atoms with Gasteiger partial charge in [0.25, 0.3) is 0 Å². The predicted molar refractivity (Wildman–Crippen MR) is 65.4 cm³/mol. The molecule has 0 unspecified atom stereocenters. The molecule has 0 heterocycles. The second kappa shape index (κ2) is 7.13. The molecule has 17 heavy (non-hydrogen) atoms. The summed E-state index contributed by atoms with van der Waals surface area (Å²) in [6, 6.07) is 7.22. The molecule has 0 saturated heterocycles. The first-order valence-electron chi connectivity index (χ1n) is 5.18. The molecule has 0 aromatic heterocycles. The molecule has 0 bridgehead atoms. The Morgan fingerprint density at radius 2 is 2.12 bits per heavy atom. The van der Waals surface area contributed by atoms with Crippen molar-refractivity contribution in [2.24, 2.45) is 0 Å². The molecule has 0 aliphatic carbocycles.